The smallest absolute Gasteiger partial charge is 0.261 e. The number of methoxy groups -OCH3 is 1. The van der Waals surface area contributed by atoms with E-state index in [-0.39, 0.29) is 11.5 Å². The third-order valence-electron chi connectivity index (χ3n) is 5.30. The first kappa shape index (κ1) is 22.5. The summed E-state index contributed by atoms with van der Waals surface area (Å²) in [5, 5.41) is 11.6. The second-order valence-corrected chi connectivity index (χ2v) is 8.83. The monoisotopic (exact) mass is 464 g/mol. The summed E-state index contributed by atoms with van der Waals surface area (Å²) in [6.45, 7) is 3.63. The van der Waals surface area contributed by atoms with Crippen LogP contribution in [0.4, 0.5) is 5.69 Å². The number of nitrogens with zero attached hydrogens (tertiary/aromatic N) is 5. The minimum Gasteiger partial charge on any atom is -0.497 e. The van der Waals surface area contributed by atoms with Gasteiger partial charge >= 0.3 is 0 Å². The van der Waals surface area contributed by atoms with Crippen molar-refractivity contribution in [1.29, 1.82) is 0 Å². The summed E-state index contributed by atoms with van der Waals surface area (Å²) in [6.07, 6.45) is 2.00. The summed E-state index contributed by atoms with van der Waals surface area (Å²) in [7, 11) is 3.42. The van der Waals surface area contributed by atoms with Crippen LogP contribution in [0.25, 0.3) is 5.65 Å². The molecule has 170 valence electrons. The maximum absolute atomic E-state index is 13.0. The van der Waals surface area contributed by atoms with Crippen LogP contribution in [0.15, 0.2) is 58.6 Å². The van der Waals surface area contributed by atoms with Gasteiger partial charge < -0.3 is 14.6 Å². The summed E-state index contributed by atoms with van der Waals surface area (Å²) >= 11 is 1.30. The number of benzene rings is 1. The van der Waals surface area contributed by atoms with E-state index in [0.717, 1.165) is 5.75 Å². The molecular weight excluding hydrogens is 440 g/mol. The Morgan fingerprint density at radius 1 is 1.18 bits per heavy atom. The molecule has 1 N–H and O–H groups in total. The van der Waals surface area contributed by atoms with Gasteiger partial charge in [-0.05, 0) is 50.2 Å². The van der Waals surface area contributed by atoms with E-state index < -0.39 is 5.25 Å². The first-order chi connectivity index (χ1) is 15.9. The lowest BCUT2D eigenvalue weighted by Gasteiger charge is -2.12. The van der Waals surface area contributed by atoms with Gasteiger partial charge in [0.05, 0.1) is 12.4 Å². The van der Waals surface area contributed by atoms with Crippen LogP contribution in [0.2, 0.25) is 0 Å². The molecule has 0 saturated carbocycles. The number of anilines is 1. The van der Waals surface area contributed by atoms with E-state index in [1.54, 1.807) is 54.3 Å². The average Bonchev–Trinajstić information content (AvgIpc) is 3.15. The summed E-state index contributed by atoms with van der Waals surface area (Å²) in [6, 6.07) is 12.6. The number of fused-ring (bicyclic) bond motifs is 1. The van der Waals surface area contributed by atoms with Crippen molar-refractivity contribution in [3.8, 4) is 5.75 Å². The Morgan fingerprint density at radius 3 is 2.67 bits per heavy atom. The minimum absolute atomic E-state index is 0.123. The Hall–Kier alpha value is -3.66. The maximum Gasteiger partial charge on any atom is 0.261 e. The maximum atomic E-state index is 13.0. The van der Waals surface area contributed by atoms with Crippen molar-refractivity contribution < 1.29 is 9.53 Å². The highest BCUT2D eigenvalue weighted by atomic mass is 32.2. The number of aryl methyl sites for hydroxylation is 1. The molecule has 1 aromatic carbocycles. The van der Waals surface area contributed by atoms with Gasteiger partial charge in [0.25, 0.3) is 5.56 Å². The number of pyridine rings is 1. The predicted octanol–water partition coefficient (Wildman–Crippen LogP) is 2.85. The lowest BCUT2D eigenvalue weighted by atomic mass is 10.1. The lowest BCUT2D eigenvalue weighted by molar-refractivity contribution is -0.115. The Labute approximate surface area is 194 Å². The van der Waals surface area contributed by atoms with Crippen molar-refractivity contribution in [3.63, 3.8) is 0 Å². The molecule has 0 bridgehead atoms. The van der Waals surface area contributed by atoms with Gasteiger partial charge in [0.2, 0.25) is 5.91 Å². The van der Waals surface area contributed by atoms with E-state index in [9.17, 15) is 9.59 Å². The van der Waals surface area contributed by atoms with Crippen LogP contribution in [0.1, 0.15) is 24.0 Å². The Balaban J connectivity index is 1.48. The summed E-state index contributed by atoms with van der Waals surface area (Å²) < 4.78 is 8.47. The van der Waals surface area contributed by atoms with E-state index >= 15 is 0 Å². The lowest BCUT2D eigenvalue weighted by Crippen LogP contribution is -2.23. The number of hydrogen-bond acceptors (Lipinski definition) is 7. The quantitative estimate of drug-likeness (QED) is 0.420. The van der Waals surface area contributed by atoms with Crippen molar-refractivity contribution in [3.05, 3.63) is 76.1 Å². The number of rotatable bonds is 7. The molecule has 0 radical (unpaired) electrons. The second kappa shape index (κ2) is 9.45. The molecule has 0 saturated heterocycles. The van der Waals surface area contributed by atoms with Crippen molar-refractivity contribution in [2.75, 3.05) is 12.4 Å². The van der Waals surface area contributed by atoms with Crippen LogP contribution in [0, 0.1) is 6.92 Å². The highest BCUT2D eigenvalue weighted by Crippen LogP contribution is 2.24. The number of amides is 1. The summed E-state index contributed by atoms with van der Waals surface area (Å²) in [5.41, 5.74) is 2.40. The number of thioether (sulfide) groups is 1. The van der Waals surface area contributed by atoms with Crippen molar-refractivity contribution in [2.45, 2.75) is 30.7 Å². The molecule has 4 rings (SSSR count). The van der Waals surface area contributed by atoms with E-state index in [2.05, 4.69) is 20.5 Å². The van der Waals surface area contributed by atoms with Crippen LogP contribution in [0.3, 0.4) is 0 Å². The minimum atomic E-state index is -0.405. The van der Waals surface area contributed by atoms with E-state index in [4.69, 9.17) is 4.74 Å². The second-order valence-electron chi connectivity index (χ2n) is 7.52. The number of aromatic nitrogens is 5. The molecule has 10 heteroatoms. The molecule has 4 aromatic rings. The number of ether oxygens (including phenoxy) is 1. The molecule has 0 aliphatic carbocycles. The predicted molar refractivity (Wildman–Crippen MR) is 127 cm³/mol. The van der Waals surface area contributed by atoms with E-state index in [1.165, 1.54) is 16.2 Å². The van der Waals surface area contributed by atoms with Crippen LogP contribution in [-0.4, -0.2) is 42.4 Å². The number of carbonyl (C=O) groups is 1. The highest BCUT2D eigenvalue weighted by Gasteiger charge is 2.20. The summed E-state index contributed by atoms with van der Waals surface area (Å²) in [4.78, 5) is 30.1. The molecule has 3 aromatic heterocycles. The van der Waals surface area contributed by atoms with Crippen molar-refractivity contribution in [2.24, 2.45) is 7.05 Å². The molecule has 0 spiro atoms. The largest absolute Gasteiger partial charge is 0.497 e. The van der Waals surface area contributed by atoms with Gasteiger partial charge in [-0.3, -0.25) is 14.0 Å². The molecule has 0 fully saturated rings. The van der Waals surface area contributed by atoms with Crippen molar-refractivity contribution >= 4 is 29.0 Å². The van der Waals surface area contributed by atoms with Gasteiger partial charge in [-0.2, -0.15) is 0 Å². The Kier molecular flexibility index (Phi) is 6.45. The molecule has 0 aliphatic heterocycles. The molecule has 3 heterocycles. The topological polar surface area (TPSA) is 103 Å². The van der Waals surface area contributed by atoms with Crippen LogP contribution < -0.4 is 15.6 Å². The van der Waals surface area contributed by atoms with Gasteiger partial charge in [-0.25, -0.2) is 4.98 Å². The molecule has 1 unspecified atom stereocenters. The highest BCUT2D eigenvalue weighted by molar-refractivity contribution is 8.00. The normalized spacial score (nSPS) is 12.0. The zero-order valence-electron chi connectivity index (χ0n) is 18.8. The van der Waals surface area contributed by atoms with Gasteiger partial charge in [0.1, 0.15) is 17.2 Å². The zero-order valence-corrected chi connectivity index (χ0v) is 19.6. The molecule has 1 atom stereocenters. The fourth-order valence-electron chi connectivity index (χ4n) is 3.33. The molecule has 9 nitrogen and oxygen atoms in total. The van der Waals surface area contributed by atoms with Gasteiger partial charge in [-0.15, -0.1) is 10.2 Å². The molecule has 33 heavy (non-hydrogen) atoms. The summed E-state index contributed by atoms with van der Waals surface area (Å²) in [5.74, 6) is 1.19. The number of nitrogens with one attached hydrogen (secondary N) is 1. The average molecular weight is 465 g/mol. The molecule has 1 amide bonds. The van der Waals surface area contributed by atoms with Crippen LogP contribution >= 0.6 is 11.8 Å². The van der Waals surface area contributed by atoms with Crippen molar-refractivity contribution in [1.82, 2.24) is 24.1 Å². The van der Waals surface area contributed by atoms with Gasteiger partial charge in [0.15, 0.2) is 5.16 Å². The first-order valence-electron chi connectivity index (χ1n) is 10.3. The first-order valence-corrected chi connectivity index (χ1v) is 11.2. The van der Waals surface area contributed by atoms with E-state index in [0.29, 0.717) is 40.0 Å². The zero-order chi connectivity index (χ0) is 23.5. The van der Waals surface area contributed by atoms with Crippen LogP contribution in [0.5, 0.6) is 5.75 Å². The Morgan fingerprint density at radius 2 is 1.94 bits per heavy atom. The SMILES string of the molecule is COc1ccc(NC(=O)C(C)Sc2nnc(Cc3c(C)nc4ccccn4c3=O)n2C)cc1. The van der Waals surface area contributed by atoms with E-state index in [1.807, 2.05) is 27.0 Å². The number of carbonyl (C=O) groups excluding carboxylic acids is 1. The van der Waals surface area contributed by atoms with Crippen LogP contribution in [-0.2, 0) is 18.3 Å². The molecular formula is C23H24N6O3S. The third-order valence-corrected chi connectivity index (χ3v) is 6.44. The molecule has 0 aliphatic rings. The standard InChI is InChI=1S/C23H24N6O3S/c1-14-18(22(31)29-12-6-5-7-19(29)24-14)13-20-26-27-23(28(20)3)33-15(2)21(30)25-16-8-10-17(32-4)11-9-16/h5-12,15H,13H2,1-4H3,(H,25,30). The fraction of sp³-hybridized carbons (Fsp3) is 0.261. The number of hydrogen-bond donors (Lipinski definition) is 1. The third kappa shape index (κ3) is 4.75. The van der Waals surface area contributed by atoms with Gasteiger partial charge in [-0.1, -0.05) is 17.8 Å². The Bertz CT molecular complexity index is 1360. The van der Waals surface area contributed by atoms with Gasteiger partial charge in [0, 0.05) is 36.6 Å². The fourth-order valence-corrected chi connectivity index (χ4v) is 4.16.